The molecule has 2 aromatic heterocycles. The van der Waals surface area contributed by atoms with Gasteiger partial charge in [-0.1, -0.05) is 5.92 Å². The van der Waals surface area contributed by atoms with E-state index in [0.717, 1.165) is 0 Å². The van der Waals surface area contributed by atoms with Gasteiger partial charge in [-0.3, -0.25) is 4.57 Å². The predicted molar refractivity (Wildman–Crippen MR) is 80.1 cm³/mol. The number of nitrogens with two attached hydrogens (primary N) is 1. The summed E-state index contributed by atoms with van der Waals surface area (Å²) in [6.45, 7) is -0.195. The maximum Gasteiger partial charge on any atom is 0.224 e. The standard InChI is InChI=1S/C13H16N6O4/c1-2-3-15-10-7-11(18-13(14)17-10)19(5-16-7)12-9(22)8(21)6(4-20)23-12/h1,5-6,8-9,12,20-22H,3-4H2,(H3,14,15,17,18)/t6-,8-,9-,12?/m1/s1. The molecule has 6 N–H and O–H groups in total. The number of nitrogens with one attached hydrogen (secondary N) is 1. The van der Waals surface area contributed by atoms with Gasteiger partial charge in [0, 0.05) is 0 Å². The number of rotatable bonds is 4. The van der Waals surface area contributed by atoms with Crippen molar-refractivity contribution in [2.75, 3.05) is 24.2 Å². The fraction of sp³-hybridized carbons (Fsp3) is 0.462. The fourth-order valence-electron chi connectivity index (χ4n) is 2.49. The fourth-order valence-corrected chi connectivity index (χ4v) is 2.49. The van der Waals surface area contributed by atoms with Crippen LogP contribution in [0, 0.1) is 12.3 Å². The molecule has 1 saturated heterocycles. The SMILES string of the molecule is C#CCNc1nc(N)nc2c1ncn2C1O[C@H](CO)[C@@H](O)[C@H]1O. The third kappa shape index (κ3) is 2.55. The van der Waals surface area contributed by atoms with Gasteiger partial charge in [0.1, 0.15) is 18.3 Å². The van der Waals surface area contributed by atoms with Crippen LogP contribution in [0.15, 0.2) is 6.33 Å². The number of aliphatic hydroxyl groups is 3. The van der Waals surface area contributed by atoms with Crippen molar-refractivity contribution in [3.8, 4) is 12.3 Å². The molecule has 0 aliphatic carbocycles. The number of fused-ring (bicyclic) bond motifs is 1. The number of nitrogen functional groups attached to an aromatic ring is 1. The van der Waals surface area contributed by atoms with E-state index in [0.29, 0.717) is 17.0 Å². The Balaban J connectivity index is 2.03. The summed E-state index contributed by atoms with van der Waals surface area (Å²) in [6, 6.07) is 0. The molecule has 4 atom stereocenters. The van der Waals surface area contributed by atoms with Gasteiger partial charge in [0.05, 0.1) is 19.5 Å². The molecule has 23 heavy (non-hydrogen) atoms. The lowest BCUT2D eigenvalue weighted by Crippen LogP contribution is -2.33. The lowest BCUT2D eigenvalue weighted by atomic mass is 10.1. The van der Waals surface area contributed by atoms with E-state index in [1.807, 2.05) is 0 Å². The van der Waals surface area contributed by atoms with Crippen molar-refractivity contribution >= 4 is 22.9 Å². The lowest BCUT2D eigenvalue weighted by molar-refractivity contribution is -0.0511. The van der Waals surface area contributed by atoms with Gasteiger partial charge in [0.2, 0.25) is 5.95 Å². The third-order valence-electron chi connectivity index (χ3n) is 3.59. The zero-order valence-corrected chi connectivity index (χ0v) is 12.0. The van der Waals surface area contributed by atoms with Crippen LogP contribution in [0.4, 0.5) is 11.8 Å². The van der Waals surface area contributed by atoms with Gasteiger partial charge in [-0.25, -0.2) is 4.98 Å². The highest BCUT2D eigenvalue weighted by molar-refractivity contribution is 5.84. The molecule has 1 aliphatic heterocycles. The van der Waals surface area contributed by atoms with Gasteiger partial charge in [0.25, 0.3) is 0 Å². The monoisotopic (exact) mass is 320 g/mol. The minimum Gasteiger partial charge on any atom is -0.394 e. The number of aliphatic hydroxyl groups excluding tert-OH is 3. The van der Waals surface area contributed by atoms with Crippen LogP contribution in [0.2, 0.25) is 0 Å². The number of aromatic nitrogens is 4. The Labute approximate surface area is 130 Å². The van der Waals surface area contributed by atoms with E-state index in [1.165, 1.54) is 10.9 Å². The first kappa shape index (κ1) is 15.4. The Kier molecular flexibility index (Phi) is 4.01. The van der Waals surface area contributed by atoms with E-state index in [1.54, 1.807) is 0 Å². The third-order valence-corrected chi connectivity index (χ3v) is 3.59. The minimum atomic E-state index is -1.25. The summed E-state index contributed by atoms with van der Waals surface area (Å²) >= 11 is 0. The quantitative estimate of drug-likeness (QED) is 0.405. The van der Waals surface area contributed by atoms with Crippen LogP contribution in [0.25, 0.3) is 11.2 Å². The molecule has 2 aromatic rings. The molecule has 0 amide bonds. The zero-order chi connectivity index (χ0) is 16.6. The average Bonchev–Trinajstić information content (AvgIpc) is 3.07. The van der Waals surface area contributed by atoms with Crippen LogP contribution in [0.5, 0.6) is 0 Å². The summed E-state index contributed by atoms with van der Waals surface area (Å²) < 4.78 is 6.90. The van der Waals surface area contributed by atoms with Crippen molar-refractivity contribution in [3.05, 3.63) is 6.33 Å². The van der Waals surface area contributed by atoms with E-state index in [9.17, 15) is 15.3 Å². The van der Waals surface area contributed by atoms with E-state index < -0.39 is 31.1 Å². The second-order valence-electron chi connectivity index (χ2n) is 5.04. The molecule has 3 heterocycles. The van der Waals surface area contributed by atoms with E-state index >= 15 is 0 Å². The first-order valence-electron chi connectivity index (χ1n) is 6.86. The van der Waals surface area contributed by atoms with Crippen LogP contribution >= 0.6 is 0 Å². The van der Waals surface area contributed by atoms with Gasteiger partial charge in [-0.15, -0.1) is 6.42 Å². The van der Waals surface area contributed by atoms with Crippen molar-refractivity contribution < 1.29 is 20.1 Å². The molecular formula is C13H16N6O4. The molecule has 0 saturated carbocycles. The highest BCUT2D eigenvalue weighted by Gasteiger charge is 2.44. The highest BCUT2D eigenvalue weighted by atomic mass is 16.6. The molecule has 0 bridgehead atoms. The number of hydrogen-bond donors (Lipinski definition) is 5. The Bertz CT molecular complexity index is 757. The second kappa shape index (κ2) is 5.98. The first-order chi connectivity index (χ1) is 11.1. The van der Waals surface area contributed by atoms with Crippen LogP contribution in [0.3, 0.4) is 0 Å². The van der Waals surface area contributed by atoms with Crippen molar-refractivity contribution in [1.82, 2.24) is 19.5 Å². The molecule has 10 heteroatoms. The summed E-state index contributed by atoms with van der Waals surface area (Å²) in [5, 5.41) is 32.0. The van der Waals surface area contributed by atoms with Crippen molar-refractivity contribution in [2.45, 2.75) is 24.5 Å². The first-order valence-corrected chi connectivity index (χ1v) is 6.86. The van der Waals surface area contributed by atoms with Crippen molar-refractivity contribution in [3.63, 3.8) is 0 Å². The number of ether oxygens (including phenoxy) is 1. The van der Waals surface area contributed by atoms with Gasteiger partial charge in [-0.2, -0.15) is 9.97 Å². The summed E-state index contributed by atoms with van der Waals surface area (Å²) in [6.07, 6.45) is 2.28. The topological polar surface area (TPSA) is 152 Å². The van der Waals surface area contributed by atoms with E-state index in [2.05, 4.69) is 26.2 Å². The predicted octanol–water partition coefficient (Wildman–Crippen LogP) is -1.93. The van der Waals surface area contributed by atoms with Crippen LogP contribution in [-0.4, -0.2) is 66.3 Å². The normalized spacial score (nSPS) is 27.2. The smallest absolute Gasteiger partial charge is 0.224 e. The van der Waals surface area contributed by atoms with Crippen LogP contribution < -0.4 is 11.1 Å². The summed E-state index contributed by atoms with van der Waals surface area (Å²) in [4.78, 5) is 12.3. The van der Waals surface area contributed by atoms with Crippen LogP contribution in [0.1, 0.15) is 6.23 Å². The number of hydrogen-bond acceptors (Lipinski definition) is 9. The van der Waals surface area contributed by atoms with E-state index in [4.69, 9.17) is 16.9 Å². The summed E-state index contributed by atoms with van der Waals surface area (Å²) in [7, 11) is 0. The summed E-state index contributed by atoms with van der Waals surface area (Å²) in [5.41, 5.74) is 6.40. The number of nitrogens with zero attached hydrogens (tertiary/aromatic N) is 4. The minimum absolute atomic E-state index is 0.00878. The molecule has 3 rings (SSSR count). The van der Waals surface area contributed by atoms with Gasteiger partial charge >= 0.3 is 0 Å². The molecule has 122 valence electrons. The van der Waals surface area contributed by atoms with Gasteiger partial charge in [0.15, 0.2) is 23.2 Å². The molecule has 0 aromatic carbocycles. The molecule has 1 unspecified atom stereocenters. The molecule has 0 spiro atoms. The molecule has 10 nitrogen and oxygen atoms in total. The number of anilines is 2. The van der Waals surface area contributed by atoms with E-state index in [-0.39, 0.29) is 12.5 Å². The van der Waals surface area contributed by atoms with Crippen LogP contribution in [-0.2, 0) is 4.74 Å². The van der Waals surface area contributed by atoms with Gasteiger partial charge < -0.3 is 31.1 Å². The Morgan fingerprint density at radius 2 is 2.17 bits per heavy atom. The number of imidazole rings is 1. The van der Waals surface area contributed by atoms with Gasteiger partial charge in [-0.05, 0) is 0 Å². The highest BCUT2D eigenvalue weighted by Crippen LogP contribution is 2.32. The Morgan fingerprint density at radius 1 is 1.39 bits per heavy atom. The number of terminal acetylenes is 1. The summed E-state index contributed by atoms with van der Waals surface area (Å²) in [5.74, 6) is 2.76. The molecule has 1 aliphatic rings. The lowest BCUT2D eigenvalue weighted by Gasteiger charge is -2.16. The maximum absolute atomic E-state index is 10.1. The average molecular weight is 320 g/mol. The molecule has 0 radical (unpaired) electrons. The largest absolute Gasteiger partial charge is 0.394 e. The molecular weight excluding hydrogens is 304 g/mol. The maximum atomic E-state index is 10.1. The Morgan fingerprint density at radius 3 is 2.83 bits per heavy atom. The Hall–Kier alpha value is -2.45. The molecule has 1 fully saturated rings. The second-order valence-corrected chi connectivity index (χ2v) is 5.04. The van der Waals surface area contributed by atoms with Crippen molar-refractivity contribution in [2.24, 2.45) is 0 Å². The van der Waals surface area contributed by atoms with Crippen molar-refractivity contribution in [1.29, 1.82) is 0 Å². The zero-order valence-electron chi connectivity index (χ0n) is 12.0.